The summed E-state index contributed by atoms with van der Waals surface area (Å²) in [6.07, 6.45) is 0. The third-order valence-corrected chi connectivity index (χ3v) is 4.66. The summed E-state index contributed by atoms with van der Waals surface area (Å²) in [6, 6.07) is 9.82. The summed E-state index contributed by atoms with van der Waals surface area (Å²) in [5.74, 6) is 0.0280. The SMILES string of the molecule is CC1(C)c2cc(O)ccc2C(=O)c2c1[nH]c1ccc(N=O)cc21. The van der Waals surface area contributed by atoms with Crippen molar-refractivity contribution in [1.29, 1.82) is 0 Å². The Balaban J connectivity index is 2.11. The second kappa shape index (κ2) is 4.29. The first-order valence-electron chi connectivity index (χ1n) is 7.31. The van der Waals surface area contributed by atoms with Crippen LogP contribution in [0, 0.1) is 4.91 Å². The molecule has 0 saturated heterocycles. The molecule has 1 aliphatic carbocycles. The number of hydrogen-bond acceptors (Lipinski definition) is 4. The maximum Gasteiger partial charge on any atom is 0.195 e. The van der Waals surface area contributed by atoms with Crippen LogP contribution < -0.4 is 0 Å². The van der Waals surface area contributed by atoms with Crippen LogP contribution in [0.25, 0.3) is 10.9 Å². The van der Waals surface area contributed by atoms with Gasteiger partial charge in [0, 0.05) is 27.6 Å². The Morgan fingerprint density at radius 3 is 2.65 bits per heavy atom. The fraction of sp³-hybridized carbons (Fsp3) is 0.167. The predicted octanol–water partition coefficient (Wildman–Crippen LogP) is 4.14. The summed E-state index contributed by atoms with van der Waals surface area (Å²) in [5, 5.41) is 13.5. The highest BCUT2D eigenvalue weighted by molar-refractivity contribution is 6.20. The fourth-order valence-corrected chi connectivity index (χ4v) is 3.46. The first-order chi connectivity index (χ1) is 10.9. The van der Waals surface area contributed by atoms with Crippen LogP contribution >= 0.6 is 0 Å². The summed E-state index contributed by atoms with van der Waals surface area (Å²) in [7, 11) is 0. The van der Waals surface area contributed by atoms with Gasteiger partial charge in [0.25, 0.3) is 0 Å². The molecule has 5 nitrogen and oxygen atoms in total. The van der Waals surface area contributed by atoms with Crippen molar-refractivity contribution in [3.8, 4) is 5.75 Å². The number of fused-ring (bicyclic) bond motifs is 4. The first kappa shape index (κ1) is 13.7. The zero-order valence-corrected chi connectivity index (χ0v) is 12.7. The normalized spacial score (nSPS) is 15.3. The van der Waals surface area contributed by atoms with Crippen molar-refractivity contribution in [3.63, 3.8) is 0 Å². The van der Waals surface area contributed by atoms with E-state index in [1.54, 1.807) is 30.3 Å². The van der Waals surface area contributed by atoms with Gasteiger partial charge in [-0.3, -0.25) is 4.79 Å². The molecule has 1 aromatic heterocycles. The number of nitroso groups, excluding NO2 is 1. The standard InChI is InChI=1S/C18H14N2O3/c1-18(2)13-8-10(21)4-5-11(13)16(22)15-12-7-9(20-23)3-6-14(12)19-17(15)18/h3-8,19,21H,1-2H3. The molecule has 4 rings (SSSR count). The monoisotopic (exact) mass is 306 g/mol. The quantitative estimate of drug-likeness (QED) is 0.663. The molecule has 0 amide bonds. The predicted molar refractivity (Wildman–Crippen MR) is 87.4 cm³/mol. The number of H-pyrrole nitrogens is 1. The lowest BCUT2D eigenvalue weighted by Crippen LogP contribution is -2.30. The van der Waals surface area contributed by atoms with Gasteiger partial charge < -0.3 is 10.1 Å². The Labute approximate surface area is 131 Å². The number of hydrogen-bond donors (Lipinski definition) is 2. The highest BCUT2D eigenvalue weighted by atomic mass is 16.3. The molecule has 3 aromatic rings. The van der Waals surface area contributed by atoms with E-state index in [9.17, 15) is 14.8 Å². The van der Waals surface area contributed by atoms with Crippen LogP contribution in [-0.2, 0) is 5.41 Å². The van der Waals surface area contributed by atoms with E-state index in [0.29, 0.717) is 22.2 Å². The number of phenolic OH excluding ortho intramolecular Hbond substituents is 1. The number of phenols is 1. The fourth-order valence-electron chi connectivity index (χ4n) is 3.46. The zero-order valence-electron chi connectivity index (χ0n) is 12.7. The van der Waals surface area contributed by atoms with Crippen LogP contribution in [0.1, 0.15) is 41.0 Å². The smallest absolute Gasteiger partial charge is 0.195 e. The highest BCUT2D eigenvalue weighted by Crippen LogP contribution is 2.44. The maximum absolute atomic E-state index is 13.0. The maximum atomic E-state index is 13.0. The van der Waals surface area contributed by atoms with Gasteiger partial charge in [0.2, 0.25) is 0 Å². The van der Waals surface area contributed by atoms with Crippen molar-refractivity contribution in [2.45, 2.75) is 19.3 Å². The molecule has 0 aliphatic heterocycles. The van der Waals surface area contributed by atoms with Crippen molar-refractivity contribution >= 4 is 22.4 Å². The molecule has 2 N–H and O–H groups in total. The zero-order chi connectivity index (χ0) is 16.4. The second-order valence-electron chi connectivity index (χ2n) is 6.38. The average molecular weight is 306 g/mol. The molecule has 0 bridgehead atoms. The van der Waals surface area contributed by atoms with Crippen molar-refractivity contribution in [3.05, 3.63) is 63.7 Å². The average Bonchev–Trinajstić information content (AvgIpc) is 2.92. The molecular formula is C18H14N2O3. The largest absolute Gasteiger partial charge is 0.508 e. The summed E-state index contributed by atoms with van der Waals surface area (Å²) in [4.78, 5) is 27.1. The third kappa shape index (κ3) is 1.70. The molecule has 0 saturated carbocycles. The van der Waals surface area contributed by atoms with E-state index in [0.717, 1.165) is 16.8 Å². The molecule has 0 spiro atoms. The van der Waals surface area contributed by atoms with Gasteiger partial charge in [0.15, 0.2) is 5.78 Å². The molecule has 0 radical (unpaired) electrons. The van der Waals surface area contributed by atoms with Gasteiger partial charge in [-0.2, -0.15) is 0 Å². The van der Waals surface area contributed by atoms with E-state index in [4.69, 9.17) is 0 Å². The summed E-state index contributed by atoms with van der Waals surface area (Å²) in [6.45, 7) is 4.01. The van der Waals surface area contributed by atoms with E-state index in [-0.39, 0.29) is 11.5 Å². The molecular weight excluding hydrogens is 292 g/mol. The number of aromatic nitrogens is 1. The van der Waals surface area contributed by atoms with Gasteiger partial charge in [-0.1, -0.05) is 13.8 Å². The number of carbonyl (C=O) groups is 1. The van der Waals surface area contributed by atoms with E-state index in [1.165, 1.54) is 6.07 Å². The van der Waals surface area contributed by atoms with E-state index >= 15 is 0 Å². The molecule has 5 heteroatoms. The minimum Gasteiger partial charge on any atom is -0.508 e. The van der Waals surface area contributed by atoms with Crippen LogP contribution in [0.5, 0.6) is 5.75 Å². The Hall–Kier alpha value is -2.95. The molecule has 0 atom stereocenters. The minimum absolute atomic E-state index is 0.108. The van der Waals surface area contributed by atoms with Gasteiger partial charge in [-0.15, -0.1) is 4.91 Å². The van der Waals surface area contributed by atoms with E-state index < -0.39 is 5.41 Å². The van der Waals surface area contributed by atoms with E-state index in [2.05, 4.69) is 10.2 Å². The highest BCUT2D eigenvalue weighted by Gasteiger charge is 2.39. The number of rotatable bonds is 1. The number of nitrogens with zero attached hydrogens (tertiary/aromatic N) is 1. The van der Waals surface area contributed by atoms with Gasteiger partial charge >= 0.3 is 0 Å². The Morgan fingerprint density at radius 1 is 1.13 bits per heavy atom. The van der Waals surface area contributed by atoms with Gasteiger partial charge in [-0.05, 0) is 47.1 Å². The molecule has 1 aliphatic rings. The summed E-state index contributed by atoms with van der Waals surface area (Å²) >= 11 is 0. The van der Waals surface area contributed by atoms with Gasteiger partial charge in [0.05, 0.1) is 5.56 Å². The number of nitrogens with one attached hydrogen (secondary N) is 1. The van der Waals surface area contributed by atoms with Crippen molar-refractivity contribution in [2.75, 3.05) is 0 Å². The lowest BCUT2D eigenvalue weighted by atomic mass is 9.71. The van der Waals surface area contributed by atoms with Gasteiger partial charge in [-0.25, -0.2) is 0 Å². The summed E-state index contributed by atoms with van der Waals surface area (Å²) < 4.78 is 0. The Bertz CT molecular complexity index is 999. The second-order valence-corrected chi connectivity index (χ2v) is 6.38. The van der Waals surface area contributed by atoms with Crippen LogP contribution in [-0.4, -0.2) is 15.9 Å². The van der Waals surface area contributed by atoms with Crippen molar-refractivity contribution in [2.24, 2.45) is 5.18 Å². The van der Waals surface area contributed by atoms with Crippen LogP contribution in [0.4, 0.5) is 5.69 Å². The number of carbonyl (C=O) groups excluding carboxylic acids is 1. The molecule has 2 aromatic carbocycles. The number of ketones is 1. The van der Waals surface area contributed by atoms with Gasteiger partial charge in [0.1, 0.15) is 11.4 Å². The Kier molecular flexibility index (Phi) is 2.55. The van der Waals surface area contributed by atoms with Crippen molar-refractivity contribution in [1.82, 2.24) is 4.98 Å². The minimum atomic E-state index is -0.467. The molecule has 1 heterocycles. The topological polar surface area (TPSA) is 82.5 Å². The van der Waals surface area contributed by atoms with Crippen LogP contribution in [0.2, 0.25) is 0 Å². The van der Waals surface area contributed by atoms with Crippen LogP contribution in [0.15, 0.2) is 41.6 Å². The van der Waals surface area contributed by atoms with E-state index in [1.807, 2.05) is 13.8 Å². The lowest BCUT2D eigenvalue weighted by Gasteiger charge is -2.32. The Morgan fingerprint density at radius 2 is 1.91 bits per heavy atom. The molecule has 114 valence electrons. The van der Waals surface area contributed by atoms with Crippen LogP contribution in [0.3, 0.4) is 0 Å². The summed E-state index contributed by atoms with van der Waals surface area (Å²) in [5.41, 5.74) is 3.35. The molecule has 0 fully saturated rings. The number of benzene rings is 2. The lowest BCUT2D eigenvalue weighted by molar-refractivity contribution is 0.103. The third-order valence-electron chi connectivity index (χ3n) is 4.66. The molecule has 23 heavy (non-hydrogen) atoms. The van der Waals surface area contributed by atoms with Crippen molar-refractivity contribution < 1.29 is 9.90 Å². The first-order valence-corrected chi connectivity index (χ1v) is 7.31. The number of aromatic amines is 1. The number of aromatic hydroxyl groups is 1. The molecule has 0 unspecified atom stereocenters.